The maximum absolute atomic E-state index is 12.0. The highest BCUT2D eigenvalue weighted by Crippen LogP contribution is 2.42. The lowest BCUT2D eigenvalue weighted by Gasteiger charge is -2.31. The number of ether oxygens (including phenoxy) is 3. The van der Waals surface area contributed by atoms with E-state index in [1.807, 2.05) is 0 Å². The number of carbonyl (C=O) groups excluding carboxylic acids is 1. The zero-order valence-corrected chi connectivity index (χ0v) is 11.7. The molecule has 0 aromatic carbocycles. The summed E-state index contributed by atoms with van der Waals surface area (Å²) in [7, 11) is 0. The lowest BCUT2D eigenvalue weighted by molar-refractivity contribution is -0.163. The Kier molecular flexibility index (Phi) is 3.24. The summed E-state index contributed by atoms with van der Waals surface area (Å²) in [4.78, 5) is 13.2. The predicted molar refractivity (Wildman–Crippen MR) is 71.3 cm³/mol. The molecular weight excluding hydrogens is 266 g/mol. The van der Waals surface area contributed by atoms with E-state index in [2.05, 4.69) is 0 Å². The van der Waals surface area contributed by atoms with Crippen molar-refractivity contribution in [3.05, 3.63) is 16.0 Å². The summed E-state index contributed by atoms with van der Waals surface area (Å²) >= 11 is 1.48. The Balaban J connectivity index is 1.95. The zero-order valence-electron chi connectivity index (χ0n) is 10.9. The van der Waals surface area contributed by atoms with Gasteiger partial charge in [0.15, 0.2) is 5.79 Å². The van der Waals surface area contributed by atoms with Crippen molar-refractivity contribution in [3.63, 3.8) is 0 Å². The van der Waals surface area contributed by atoms with Crippen molar-refractivity contribution in [1.82, 2.24) is 0 Å². The fraction of sp³-hybridized carbons (Fsp3) is 0.615. The molecule has 1 saturated heterocycles. The predicted octanol–water partition coefficient (Wildman–Crippen LogP) is 1.74. The Bertz CT molecular complexity index is 505. The van der Waals surface area contributed by atoms with Gasteiger partial charge in [-0.3, -0.25) is 0 Å². The van der Waals surface area contributed by atoms with Gasteiger partial charge in [0.05, 0.1) is 25.4 Å². The highest BCUT2D eigenvalue weighted by Gasteiger charge is 2.42. The van der Waals surface area contributed by atoms with Gasteiger partial charge >= 0.3 is 5.97 Å². The molecule has 0 atom stereocenters. The smallest absolute Gasteiger partial charge is 0.341 e. The van der Waals surface area contributed by atoms with Crippen LogP contribution in [0.4, 0.5) is 5.00 Å². The quantitative estimate of drug-likeness (QED) is 0.837. The average molecular weight is 283 g/mol. The fourth-order valence-corrected chi connectivity index (χ4v) is 3.83. The van der Waals surface area contributed by atoms with Crippen molar-refractivity contribution in [2.24, 2.45) is 0 Å². The van der Waals surface area contributed by atoms with Gasteiger partial charge in [-0.15, -0.1) is 11.3 Å². The molecule has 0 radical (unpaired) electrons. The van der Waals surface area contributed by atoms with Gasteiger partial charge in [-0.05, 0) is 18.9 Å². The molecule has 1 spiro atoms. The maximum atomic E-state index is 12.0. The van der Waals surface area contributed by atoms with Gasteiger partial charge in [-0.1, -0.05) is 0 Å². The van der Waals surface area contributed by atoms with Crippen LogP contribution < -0.4 is 5.73 Å². The number of hydrogen-bond acceptors (Lipinski definition) is 6. The Morgan fingerprint density at radius 3 is 2.89 bits per heavy atom. The fourth-order valence-electron chi connectivity index (χ4n) is 2.75. The summed E-state index contributed by atoms with van der Waals surface area (Å²) in [5.74, 6) is -0.894. The van der Waals surface area contributed by atoms with Crippen molar-refractivity contribution >= 4 is 22.3 Å². The van der Waals surface area contributed by atoms with Crippen LogP contribution in [0.15, 0.2) is 0 Å². The largest absolute Gasteiger partial charge is 0.462 e. The van der Waals surface area contributed by atoms with Gasteiger partial charge in [0.2, 0.25) is 0 Å². The molecule has 0 amide bonds. The van der Waals surface area contributed by atoms with Gasteiger partial charge in [-0.25, -0.2) is 4.79 Å². The number of esters is 1. The van der Waals surface area contributed by atoms with Crippen molar-refractivity contribution in [2.45, 2.75) is 32.0 Å². The number of aryl methyl sites for hydroxylation is 1. The molecule has 0 bridgehead atoms. The first-order valence-corrected chi connectivity index (χ1v) is 7.32. The van der Waals surface area contributed by atoms with Crippen LogP contribution in [0.5, 0.6) is 0 Å². The number of nitrogens with two attached hydrogens (primary N) is 1. The molecule has 2 aliphatic rings. The minimum Gasteiger partial charge on any atom is -0.462 e. The van der Waals surface area contributed by atoms with Gasteiger partial charge in [0, 0.05) is 17.7 Å². The molecule has 2 heterocycles. The average Bonchev–Trinajstić information content (AvgIpc) is 2.94. The summed E-state index contributed by atoms with van der Waals surface area (Å²) in [5, 5.41) is 0.540. The Hall–Kier alpha value is -1.11. The van der Waals surface area contributed by atoms with E-state index in [0.29, 0.717) is 36.8 Å². The standard InChI is InChI=1S/C13H17NO4S/c1-2-16-12(15)10-8-7-13(17-5-6-18-13)4-3-9(8)19-11(10)14/h2-7,14H2,1H3. The molecule has 0 unspecified atom stereocenters. The van der Waals surface area contributed by atoms with Gasteiger partial charge in [0.25, 0.3) is 0 Å². The number of thiophene rings is 1. The van der Waals surface area contributed by atoms with Crippen LogP contribution in [0.2, 0.25) is 0 Å². The molecule has 5 nitrogen and oxygen atoms in total. The lowest BCUT2D eigenvalue weighted by atomic mass is 9.90. The third-order valence-corrected chi connectivity index (χ3v) is 4.71. The highest BCUT2D eigenvalue weighted by molar-refractivity contribution is 7.16. The summed E-state index contributed by atoms with van der Waals surface area (Å²) in [6.07, 6.45) is 2.25. The van der Waals surface area contributed by atoms with E-state index in [1.165, 1.54) is 11.3 Å². The van der Waals surface area contributed by atoms with E-state index < -0.39 is 5.79 Å². The number of fused-ring (bicyclic) bond motifs is 1. The van der Waals surface area contributed by atoms with E-state index in [9.17, 15) is 4.79 Å². The summed E-state index contributed by atoms with van der Waals surface area (Å²) in [5.41, 5.74) is 7.44. The SMILES string of the molecule is CCOC(=O)c1c(N)sc2c1CC1(CC2)OCCO1. The maximum Gasteiger partial charge on any atom is 0.341 e. The molecule has 0 saturated carbocycles. The Morgan fingerprint density at radius 2 is 2.21 bits per heavy atom. The Morgan fingerprint density at radius 1 is 1.47 bits per heavy atom. The summed E-state index contributed by atoms with van der Waals surface area (Å²) in [6, 6.07) is 0. The second-order valence-corrected chi connectivity index (χ2v) is 5.88. The third-order valence-electron chi connectivity index (χ3n) is 3.59. The van der Waals surface area contributed by atoms with E-state index in [4.69, 9.17) is 19.9 Å². The van der Waals surface area contributed by atoms with Crippen LogP contribution in [0.3, 0.4) is 0 Å². The normalized spacial score (nSPS) is 20.5. The third kappa shape index (κ3) is 2.13. The minimum atomic E-state index is -0.554. The molecule has 19 heavy (non-hydrogen) atoms. The monoisotopic (exact) mass is 283 g/mol. The first-order chi connectivity index (χ1) is 9.15. The minimum absolute atomic E-state index is 0.340. The topological polar surface area (TPSA) is 70.8 Å². The number of carbonyl (C=O) groups is 1. The molecule has 1 aromatic heterocycles. The van der Waals surface area contributed by atoms with Crippen molar-refractivity contribution in [2.75, 3.05) is 25.6 Å². The molecule has 3 rings (SSSR count). The highest BCUT2D eigenvalue weighted by atomic mass is 32.1. The number of nitrogen functional groups attached to an aromatic ring is 1. The molecule has 1 aliphatic heterocycles. The summed E-state index contributed by atoms with van der Waals surface area (Å²) in [6.45, 7) is 3.37. The lowest BCUT2D eigenvalue weighted by Crippen LogP contribution is -2.37. The van der Waals surface area contributed by atoms with Crippen molar-refractivity contribution < 1.29 is 19.0 Å². The molecule has 1 aromatic rings. The van der Waals surface area contributed by atoms with Crippen LogP contribution >= 0.6 is 11.3 Å². The van der Waals surface area contributed by atoms with Gasteiger partial charge in [0.1, 0.15) is 5.00 Å². The Labute approximate surface area is 115 Å². The molecule has 1 aliphatic carbocycles. The zero-order chi connectivity index (χ0) is 13.5. The summed E-state index contributed by atoms with van der Waals surface area (Å²) < 4.78 is 16.6. The molecule has 2 N–H and O–H groups in total. The van der Waals surface area contributed by atoms with E-state index in [1.54, 1.807) is 6.92 Å². The van der Waals surface area contributed by atoms with Crippen LogP contribution in [0.1, 0.15) is 34.1 Å². The molecular formula is C13H17NO4S. The van der Waals surface area contributed by atoms with Crippen LogP contribution in [0, 0.1) is 0 Å². The van der Waals surface area contributed by atoms with Gasteiger partial charge in [-0.2, -0.15) is 0 Å². The number of hydrogen-bond donors (Lipinski definition) is 1. The molecule has 6 heteroatoms. The second kappa shape index (κ2) is 4.77. The van der Waals surface area contributed by atoms with Crippen LogP contribution in [0.25, 0.3) is 0 Å². The van der Waals surface area contributed by atoms with Crippen LogP contribution in [-0.4, -0.2) is 31.6 Å². The van der Waals surface area contributed by atoms with E-state index in [0.717, 1.165) is 23.3 Å². The van der Waals surface area contributed by atoms with Gasteiger partial charge < -0.3 is 19.9 Å². The van der Waals surface area contributed by atoms with Crippen LogP contribution in [-0.2, 0) is 27.1 Å². The first kappa shape index (κ1) is 12.9. The van der Waals surface area contributed by atoms with Crippen molar-refractivity contribution in [1.29, 1.82) is 0 Å². The van der Waals surface area contributed by atoms with E-state index in [-0.39, 0.29) is 5.97 Å². The first-order valence-electron chi connectivity index (χ1n) is 6.50. The molecule has 104 valence electrons. The van der Waals surface area contributed by atoms with Crippen molar-refractivity contribution in [3.8, 4) is 0 Å². The number of rotatable bonds is 2. The molecule has 1 fully saturated rings. The second-order valence-electron chi connectivity index (χ2n) is 4.75. The van der Waals surface area contributed by atoms with E-state index >= 15 is 0 Å². The number of anilines is 1.